The van der Waals surface area contributed by atoms with Gasteiger partial charge in [-0.05, 0) is 52.0 Å². The van der Waals surface area contributed by atoms with Crippen molar-refractivity contribution in [2.75, 3.05) is 60.1 Å². The molecular weight excluding hydrogens is 624 g/mol. The average Bonchev–Trinajstić information content (AvgIpc) is 3.32. The molecule has 1 saturated heterocycles. The lowest BCUT2D eigenvalue weighted by molar-refractivity contribution is -0.597. The number of piperazine rings is 1. The predicted molar refractivity (Wildman–Crippen MR) is 188 cm³/mol. The molecule has 0 radical (unpaired) electrons. The van der Waals surface area contributed by atoms with Gasteiger partial charge in [0.15, 0.2) is 9.84 Å². The number of nitrogens with two attached hydrogens (primary N) is 1. The first kappa shape index (κ1) is 45.1. The number of aromatic amines is 1. The smallest absolute Gasteiger partial charge is 0.256 e. The molecule has 1 unspecified atom stereocenters. The molecule has 0 bridgehead atoms. The molecular formula is C33H56N6O7S. The molecule has 13 nitrogen and oxygen atoms in total. The number of sulfone groups is 1. The summed E-state index contributed by atoms with van der Waals surface area (Å²) in [5, 5.41) is 22.4. The van der Waals surface area contributed by atoms with Crippen LogP contribution in [0.1, 0.15) is 60.9 Å². The van der Waals surface area contributed by atoms with Gasteiger partial charge >= 0.3 is 0 Å². The molecule has 3 heterocycles. The zero-order valence-electron chi connectivity index (χ0n) is 29.5. The van der Waals surface area contributed by atoms with Crippen molar-refractivity contribution in [1.29, 1.82) is 0 Å². The Kier molecular flexibility index (Phi) is 24.1. The number of aromatic nitrogens is 1. The third kappa shape index (κ3) is 18.7. The predicted octanol–water partition coefficient (Wildman–Crippen LogP) is 1.96. The van der Waals surface area contributed by atoms with Crippen LogP contribution in [0.15, 0.2) is 55.0 Å². The standard InChI is InChI=1S/C22H30N4O4S.C3H5NO2.C3H6O.C3H8.C2H7N/c1-15-19(24-16(2)20(15)22(28)26-12-10-25(3)11-13-26)14-17-7-8-18(31(4,29)30)6-5-9-23-21(17)27;1-2-3-4(5)6;1-2-3-4;2*1-3-2/h5,7-9,14,18,24H,6,10-13H2,1-4H3,(H,23,27);2H,1,3H2;2-4H,1H3;3H2,1-2H3;3H,1-2H3/b8-7+,9-5+,17-14-;;3-2+;;. The monoisotopic (exact) mass is 680 g/mol. The molecule has 2 amide bonds. The number of nitro groups is 1. The molecule has 14 heteroatoms. The molecule has 1 fully saturated rings. The van der Waals surface area contributed by atoms with Gasteiger partial charge in [0.1, 0.15) is 0 Å². The van der Waals surface area contributed by atoms with Gasteiger partial charge in [0.05, 0.1) is 24.9 Å². The molecule has 2 aliphatic rings. The van der Waals surface area contributed by atoms with E-state index in [9.17, 15) is 28.1 Å². The topological polar surface area (TPSA) is 185 Å². The van der Waals surface area contributed by atoms with Crippen LogP contribution in [0.5, 0.6) is 0 Å². The van der Waals surface area contributed by atoms with E-state index in [1.165, 1.54) is 43.2 Å². The van der Waals surface area contributed by atoms with Crippen molar-refractivity contribution in [3.8, 4) is 0 Å². The molecule has 266 valence electrons. The quantitative estimate of drug-likeness (QED) is 0.139. The fourth-order valence-electron chi connectivity index (χ4n) is 3.88. The fourth-order valence-corrected chi connectivity index (χ4v) is 4.71. The lowest BCUT2D eigenvalue weighted by Gasteiger charge is -2.32. The lowest BCUT2D eigenvalue weighted by Crippen LogP contribution is -2.74. The average molecular weight is 681 g/mol. The van der Waals surface area contributed by atoms with Gasteiger partial charge in [-0.15, -0.1) is 6.08 Å². The van der Waals surface area contributed by atoms with Crippen LogP contribution >= 0.6 is 0 Å². The molecule has 1 aromatic rings. The Morgan fingerprint density at radius 1 is 1.19 bits per heavy atom. The van der Waals surface area contributed by atoms with Crippen LogP contribution in [0, 0.1) is 24.0 Å². The number of amides is 2. The number of hydrogen-bond acceptors (Lipinski definition) is 8. The van der Waals surface area contributed by atoms with E-state index in [0.29, 0.717) is 29.9 Å². The number of carbonyl (C=O) groups is 2. The number of hydrogen-bond donors (Lipinski definition) is 3. The van der Waals surface area contributed by atoms with Gasteiger partial charge in [0.2, 0.25) is 6.54 Å². The zero-order valence-corrected chi connectivity index (χ0v) is 30.4. The first-order chi connectivity index (χ1) is 22.1. The number of likely N-dealkylation sites (N-methyl/N-ethyl adjacent to an activating group) is 1. The van der Waals surface area contributed by atoms with Gasteiger partial charge in [-0.25, -0.2) is 8.42 Å². The SMILES string of the molecule is C/C=C/[O-].C=CC[N+](=O)[O-].CCC.C[NH2+]C.Cc1[nH]c(/C=C2/C=C/C(S(C)(=O)=O)C/C=C/NC2=O)c(C)c1C(=O)N1CCN(C)CC1. The second-order valence-corrected chi connectivity index (χ2v) is 13.0. The van der Waals surface area contributed by atoms with Crippen molar-refractivity contribution in [2.24, 2.45) is 0 Å². The summed E-state index contributed by atoms with van der Waals surface area (Å²) in [5.41, 5.74) is 3.10. The minimum absolute atomic E-state index is 0.0152. The number of quaternary nitrogens is 1. The number of aryl methyl sites for hydroxylation is 1. The van der Waals surface area contributed by atoms with Crippen molar-refractivity contribution >= 4 is 27.7 Å². The molecule has 47 heavy (non-hydrogen) atoms. The number of rotatable bonds is 5. The van der Waals surface area contributed by atoms with Gasteiger partial charge in [-0.1, -0.05) is 45.1 Å². The Morgan fingerprint density at radius 2 is 1.72 bits per heavy atom. The molecule has 0 spiro atoms. The largest absolute Gasteiger partial charge is 0.878 e. The Morgan fingerprint density at radius 3 is 2.15 bits per heavy atom. The Hall–Kier alpha value is -4.01. The summed E-state index contributed by atoms with van der Waals surface area (Å²) in [5.74, 6) is -0.362. The van der Waals surface area contributed by atoms with Crippen LogP contribution in [0.25, 0.3) is 6.08 Å². The van der Waals surface area contributed by atoms with Crippen LogP contribution in [0.2, 0.25) is 0 Å². The highest BCUT2D eigenvalue weighted by Crippen LogP contribution is 2.23. The van der Waals surface area contributed by atoms with Crippen molar-refractivity contribution in [3.63, 3.8) is 0 Å². The number of nitrogens with one attached hydrogen (secondary N) is 2. The number of nitrogens with zero attached hydrogens (tertiary/aromatic N) is 3. The van der Waals surface area contributed by atoms with E-state index in [4.69, 9.17) is 5.11 Å². The molecule has 0 saturated carbocycles. The number of allylic oxidation sites excluding steroid dienone is 2. The second kappa shape index (κ2) is 25.1. The third-order valence-electron chi connectivity index (χ3n) is 6.20. The summed E-state index contributed by atoms with van der Waals surface area (Å²) in [6, 6.07) is 0. The van der Waals surface area contributed by atoms with E-state index in [1.807, 2.05) is 45.2 Å². The van der Waals surface area contributed by atoms with Gasteiger partial charge in [-0.3, -0.25) is 19.7 Å². The van der Waals surface area contributed by atoms with Crippen LogP contribution in [0.3, 0.4) is 0 Å². The number of H-pyrrole nitrogens is 1. The molecule has 4 N–H and O–H groups in total. The van der Waals surface area contributed by atoms with Crippen molar-refractivity contribution in [1.82, 2.24) is 20.1 Å². The van der Waals surface area contributed by atoms with Crippen LogP contribution < -0.4 is 15.7 Å². The van der Waals surface area contributed by atoms with Crippen molar-refractivity contribution in [2.45, 2.75) is 52.7 Å². The van der Waals surface area contributed by atoms with E-state index in [1.54, 1.807) is 19.1 Å². The minimum Gasteiger partial charge on any atom is -0.878 e. The maximum absolute atomic E-state index is 13.1. The van der Waals surface area contributed by atoms with E-state index in [2.05, 4.69) is 35.6 Å². The van der Waals surface area contributed by atoms with Crippen LogP contribution in [-0.4, -0.2) is 105 Å². The first-order valence-corrected chi connectivity index (χ1v) is 17.5. The molecule has 1 aromatic heterocycles. The molecule has 2 aliphatic heterocycles. The van der Waals surface area contributed by atoms with Crippen LogP contribution in [0.4, 0.5) is 0 Å². The Balaban J connectivity index is 0. The van der Waals surface area contributed by atoms with E-state index < -0.39 is 20.0 Å². The molecule has 3 rings (SSSR count). The Bertz CT molecular complexity index is 1330. The molecule has 0 aliphatic carbocycles. The van der Waals surface area contributed by atoms with Gasteiger partial charge in [-0.2, -0.15) is 6.26 Å². The summed E-state index contributed by atoms with van der Waals surface area (Å²) in [4.78, 5) is 41.8. The summed E-state index contributed by atoms with van der Waals surface area (Å²) < 4.78 is 24.0. The summed E-state index contributed by atoms with van der Waals surface area (Å²) in [7, 11) is 2.74. The Labute approximate surface area is 281 Å². The maximum Gasteiger partial charge on any atom is 0.256 e. The zero-order chi connectivity index (χ0) is 36.6. The molecule has 0 aromatic carbocycles. The summed E-state index contributed by atoms with van der Waals surface area (Å²) in [6.45, 7) is 15.7. The normalized spacial score (nSPS) is 18.5. The number of carbonyl (C=O) groups excluding carboxylic acids is 2. The first-order valence-electron chi connectivity index (χ1n) is 15.5. The summed E-state index contributed by atoms with van der Waals surface area (Å²) in [6.07, 6.45) is 14.0. The highest BCUT2D eigenvalue weighted by Gasteiger charge is 2.25. The summed E-state index contributed by atoms with van der Waals surface area (Å²) >= 11 is 0. The molecule has 1 atom stereocenters. The third-order valence-corrected chi connectivity index (χ3v) is 7.65. The van der Waals surface area contributed by atoms with Crippen molar-refractivity contribution < 1.29 is 33.4 Å². The highest BCUT2D eigenvalue weighted by molar-refractivity contribution is 7.91. The van der Waals surface area contributed by atoms with Gasteiger partial charge < -0.3 is 30.5 Å². The van der Waals surface area contributed by atoms with Gasteiger partial charge in [0, 0.05) is 60.5 Å². The fraction of sp³-hybridized carbons (Fsp3) is 0.515. The van der Waals surface area contributed by atoms with Crippen LogP contribution in [-0.2, 0) is 14.6 Å². The highest BCUT2D eigenvalue weighted by atomic mass is 32.2. The minimum atomic E-state index is -3.30. The van der Waals surface area contributed by atoms with E-state index >= 15 is 0 Å². The van der Waals surface area contributed by atoms with E-state index in [0.717, 1.165) is 30.6 Å². The van der Waals surface area contributed by atoms with Gasteiger partial charge in [0.25, 0.3) is 11.8 Å². The second-order valence-electron chi connectivity index (χ2n) is 10.8. The maximum atomic E-state index is 13.1. The van der Waals surface area contributed by atoms with E-state index in [-0.39, 0.29) is 24.8 Å². The lowest BCUT2D eigenvalue weighted by atomic mass is 10.1. The van der Waals surface area contributed by atoms with Crippen molar-refractivity contribution in [3.05, 3.63) is 87.6 Å².